The standard InChI is InChI=1S/C20H19B4ClN4O/c1-29-8-26-7-12(29)9-2-3-10-6-27-13(5-11(10)4-9)28-20(30)14-15(21)17(23)19(25)18(24)16(14)22/h2-8H,21-24H2,1H3,(H,27,28,30). The summed E-state index contributed by atoms with van der Waals surface area (Å²) in [6, 6.07) is 8.05. The number of aryl methyl sites for hydroxylation is 1. The van der Waals surface area contributed by atoms with Crippen LogP contribution in [0.5, 0.6) is 0 Å². The zero-order valence-corrected chi connectivity index (χ0v) is 18.4. The highest BCUT2D eigenvalue weighted by molar-refractivity contribution is 6.65. The lowest BCUT2D eigenvalue weighted by molar-refractivity contribution is 0.102. The molecule has 0 aliphatic rings. The van der Waals surface area contributed by atoms with E-state index in [-0.39, 0.29) is 5.91 Å². The van der Waals surface area contributed by atoms with Gasteiger partial charge in [-0.05, 0) is 17.5 Å². The van der Waals surface area contributed by atoms with Crippen LogP contribution >= 0.6 is 11.6 Å². The third-order valence-corrected chi connectivity index (χ3v) is 6.40. The van der Waals surface area contributed by atoms with Crippen LogP contribution in [0.2, 0.25) is 5.02 Å². The van der Waals surface area contributed by atoms with E-state index in [0.717, 1.165) is 43.9 Å². The summed E-state index contributed by atoms with van der Waals surface area (Å²) >= 11 is 6.41. The van der Waals surface area contributed by atoms with Crippen LogP contribution in [0.15, 0.2) is 43.0 Å². The molecule has 0 unspecified atom stereocenters. The summed E-state index contributed by atoms with van der Waals surface area (Å²) in [5, 5.41) is 5.68. The van der Waals surface area contributed by atoms with Crippen molar-refractivity contribution >= 4 is 87.3 Å². The molecule has 4 aromatic rings. The molecule has 0 spiro atoms. The van der Waals surface area contributed by atoms with E-state index in [2.05, 4.69) is 21.4 Å². The van der Waals surface area contributed by atoms with Gasteiger partial charge < -0.3 is 9.88 Å². The predicted molar refractivity (Wildman–Crippen MR) is 136 cm³/mol. The number of nitrogens with one attached hydrogen (secondary N) is 1. The quantitative estimate of drug-likeness (QED) is 0.383. The number of pyridine rings is 1. The number of hydrogen-bond donors (Lipinski definition) is 1. The fraction of sp³-hybridized carbons (Fsp3) is 0.0500. The number of halogens is 1. The molecule has 0 fully saturated rings. The second-order valence-corrected chi connectivity index (χ2v) is 8.04. The molecule has 0 saturated carbocycles. The number of amides is 1. The predicted octanol–water partition coefficient (Wildman–Crippen LogP) is -2.43. The maximum Gasteiger partial charge on any atom is 0.255 e. The van der Waals surface area contributed by atoms with Crippen molar-refractivity contribution in [1.29, 1.82) is 0 Å². The van der Waals surface area contributed by atoms with Crippen LogP contribution in [0.1, 0.15) is 10.4 Å². The van der Waals surface area contributed by atoms with Crippen LogP contribution in [-0.4, -0.2) is 51.8 Å². The Labute approximate surface area is 183 Å². The number of aromatic nitrogens is 3. The monoisotopic (exact) mass is 410 g/mol. The first-order valence-corrected chi connectivity index (χ1v) is 10.1. The van der Waals surface area contributed by atoms with Crippen LogP contribution in [-0.2, 0) is 7.05 Å². The molecule has 10 heteroatoms. The first-order chi connectivity index (χ1) is 14.3. The van der Waals surface area contributed by atoms with Crippen LogP contribution in [0.25, 0.3) is 22.0 Å². The normalized spacial score (nSPS) is 11.0. The van der Waals surface area contributed by atoms with Crippen molar-refractivity contribution in [2.24, 2.45) is 7.05 Å². The van der Waals surface area contributed by atoms with Crippen molar-refractivity contribution in [3.8, 4) is 11.3 Å². The highest BCUT2D eigenvalue weighted by Crippen LogP contribution is 2.25. The zero-order valence-electron chi connectivity index (χ0n) is 17.7. The second-order valence-electron chi connectivity index (χ2n) is 7.66. The molecular weight excluding hydrogens is 391 g/mol. The molecule has 0 atom stereocenters. The molecule has 0 bridgehead atoms. The lowest BCUT2D eigenvalue weighted by Gasteiger charge is -2.18. The minimum atomic E-state index is -0.178. The summed E-state index contributed by atoms with van der Waals surface area (Å²) < 4.78 is 1.97. The van der Waals surface area contributed by atoms with E-state index in [4.69, 9.17) is 11.6 Å². The molecule has 2 heterocycles. The Hall–Kier alpha value is -2.92. The number of carbonyl (C=O) groups excluding carboxylic acids is 1. The van der Waals surface area contributed by atoms with E-state index in [1.165, 1.54) is 0 Å². The van der Waals surface area contributed by atoms with Crippen molar-refractivity contribution < 1.29 is 4.79 Å². The molecule has 0 radical (unpaired) electrons. The zero-order chi connectivity index (χ0) is 21.6. The summed E-state index contributed by atoms with van der Waals surface area (Å²) in [5.74, 6) is 0.334. The average molecular weight is 410 g/mol. The molecular formula is C20H19B4ClN4O. The molecule has 2 aromatic carbocycles. The number of imidazole rings is 1. The van der Waals surface area contributed by atoms with Crippen molar-refractivity contribution in [3.63, 3.8) is 0 Å². The third-order valence-electron chi connectivity index (χ3n) is 5.84. The Morgan fingerprint density at radius 2 is 1.70 bits per heavy atom. The van der Waals surface area contributed by atoms with Crippen LogP contribution in [0, 0.1) is 0 Å². The minimum absolute atomic E-state index is 0.178. The Morgan fingerprint density at radius 1 is 1.00 bits per heavy atom. The van der Waals surface area contributed by atoms with Gasteiger partial charge in [0.05, 0.1) is 18.2 Å². The molecule has 2 aromatic heterocycles. The van der Waals surface area contributed by atoms with Crippen molar-refractivity contribution in [2.75, 3.05) is 5.32 Å². The van der Waals surface area contributed by atoms with E-state index in [0.29, 0.717) is 16.4 Å². The average Bonchev–Trinajstić information content (AvgIpc) is 3.16. The van der Waals surface area contributed by atoms with Crippen molar-refractivity contribution in [2.45, 2.75) is 0 Å². The summed E-state index contributed by atoms with van der Waals surface area (Å²) in [5.41, 5.74) is 6.37. The van der Waals surface area contributed by atoms with Crippen molar-refractivity contribution in [1.82, 2.24) is 14.5 Å². The van der Waals surface area contributed by atoms with Crippen LogP contribution in [0.4, 0.5) is 5.82 Å². The van der Waals surface area contributed by atoms with E-state index in [1.807, 2.05) is 67.4 Å². The molecule has 30 heavy (non-hydrogen) atoms. The summed E-state index contributed by atoms with van der Waals surface area (Å²) in [6.07, 6.45) is 5.39. The smallest absolute Gasteiger partial charge is 0.255 e. The first kappa shape index (κ1) is 20.4. The lowest BCUT2D eigenvalue weighted by atomic mass is 9.67. The second kappa shape index (κ2) is 7.73. The van der Waals surface area contributed by atoms with Gasteiger partial charge in [0, 0.05) is 34.8 Å². The van der Waals surface area contributed by atoms with Gasteiger partial charge in [-0.25, -0.2) is 9.97 Å². The van der Waals surface area contributed by atoms with E-state index in [1.54, 1.807) is 12.5 Å². The van der Waals surface area contributed by atoms with Gasteiger partial charge >= 0.3 is 0 Å². The van der Waals surface area contributed by atoms with Crippen LogP contribution < -0.4 is 27.2 Å². The highest BCUT2D eigenvalue weighted by Gasteiger charge is 2.18. The van der Waals surface area contributed by atoms with E-state index < -0.39 is 0 Å². The van der Waals surface area contributed by atoms with Gasteiger partial charge in [0.1, 0.15) is 37.2 Å². The number of rotatable bonds is 3. The Kier molecular flexibility index (Phi) is 5.24. The number of anilines is 1. The summed E-state index contributed by atoms with van der Waals surface area (Å²) in [6.45, 7) is 0. The molecule has 0 aliphatic heterocycles. The van der Waals surface area contributed by atoms with Crippen LogP contribution in [0.3, 0.4) is 0 Å². The minimum Gasteiger partial charge on any atom is -0.334 e. The first-order valence-electron chi connectivity index (χ1n) is 9.71. The SMILES string of the molecule is Bc1c(B)c(C(=O)Nc2cc3cc(-c4cncn4C)ccc3cn2)c(B)c(B)c1Cl. The Morgan fingerprint density at radius 3 is 2.33 bits per heavy atom. The van der Waals surface area contributed by atoms with E-state index in [9.17, 15) is 4.79 Å². The fourth-order valence-corrected chi connectivity index (χ4v) is 4.07. The van der Waals surface area contributed by atoms with Gasteiger partial charge in [0.25, 0.3) is 5.91 Å². The summed E-state index contributed by atoms with van der Waals surface area (Å²) in [4.78, 5) is 21.7. The highest BCUT2D eigenvalue weighted by atomic mass is 35.5. The number of hydrogen-bond acceptors (Lipinski definition) is 3. The Balaban J connectivity index is 1.71. The molecule has 0 saturated heterocycles. The molecule has 144 valence electrons. The molecule has 5 nitrogen and oxygen atoms in total. The van der Waals surface area contributed by atoms with Gasteiger partial charge in [-0.1, -0.05) is 45.6 Å². The van der Waals surface area contributed by atoms with Crippen molar-refractivity contribution in [3.05, 3.63) is 53.6 Å². The largest absolute Gasteiger partial charge is 0.334 e. The topological polar surface area (TPSA) is 59.8 Å². The Bertz CT molecular complexity index is 1290. The van der Waals surface area contributed by atoms with Gasteiger partial charge in [0.15, 0.2) is 0 Å². The number of fused-ring (bicyclic) bond motifs is 1. The van der Waals surface area contributed by atoms with Gasteiger partial charge in [-0.15, -0.1) is 0 Å². The van der Waals surface area contributed by atoms with E-state index >= 15 is 0 Å². The van der Waals surface area contributed by atoms with Gasteiger partial charge in [-0.2, -0.15) is 0 Å². The third kappa shape index (κ3) is 3.43. The molecule has 4 rings (SSSR count). The van der Waals surface area contributed by atoms with Gasteiger partial charge in [0.2, 0.25) is 0 Å². The fourth-order valence-electron chi connectivity index (χ4n) is 3.79. The maximum absolute atomic E-state index is 13.1. The van der Waals surface area contributed by atoms with Gasteiger partial charge in [-0.3, -0.25) is 4.79 Å². The molecule has 1 amide bonds. The number of carbonyl (C=O) groups is 1. The molecule has 1 N–H and O–H groups in total. The molecule has 0 aliphatic carbocycles. The maximum atomic E-state index is 13.1. The number of nitrogens with zero attached hydrogens (tertiary/aromatic N) is 3. The summed E-state index contributed by atoms with van der Waals surface area (Å²) in [7, 11) is 9.70. The lowest BCUT2D eigenvalue weighted by Crippen LogP contribution is -2.47. The number of benzene rings is 2.